The third-order valence-corrected chi connectivity index (χ3v) is 4.91. The predicted octanol–water partition coefficient (Wildman–Crippen LogP) is 3.08. The number of hydrogen-bond acceptors (Lipinski definition) is 2. The van der Waals surface area contributed by atoms with E-state index in [9.17, 15) is 4.79 Å². The zero-order valence-electron chi connectivity index (χ0n) is 12.4. The van der Waals surface area contributed by atoms with Crippen molar-refractivity contribution in [2.24, 2.45) is 11.7 Å². The van der Waals surface area contributed by atoms with Crippen molar-refractivity contribution < 1.29 is 4.79 Å². The summed E-state index contributed by atoms with van der Waals surface area (Å²) >= 11 is 0. The van der Waals surface area contributed by atoms with Crippen molar-refractivity contribution in [2.75, 3.05) is 6.54 Å². The Morgan fingerprint density at radius 3 is 2.37 bits per heavy atom. The average Bonchev–Trinajstić information content (AvgIpc) is 2.67. The van der Waals surface area contributed by atoms with Crippen LogP contribution in [0.15, 0.2) is 0 Å². The first-order valence-electron chi connectivity index (χ1n) is 8.23. The Morgan fingerprint density at radius 1 is 1.11 bits per heavy atom. The Kier molecular flexibility index (Phi) is 5.68. The zero-order chi connectivity index (χ0) is 13.7. The Hall–Kier alpha value is -0.570. The lowest BCUT2D eigenvalue weighted by Crippen LogP contribution is -2.52. The second-order valence-electron chi connectivity index (χ2n) is 6.57. The minimum Gasteiger partial charge on any atom is -0.338 e. The molecule has 0 radical (unpaired) electrons. The number of likely N-dealkylation sites (tertiary alicyclic amines) is 1. The van der Waals surface area contributed by atoms with Gasteiger partial charge in [0.15, 0.2) is 0 Å². The van der Waals surface area contributed by atoms with Gasteiger partial charge in [0.1, 0.15) is 0 Å². The first-order chi connectivity index (χ1) is 9.18. The van der Waals surface area contributed by atoms with Gasteiger partial charge in [-0.1, -0.05) is 25.7 Å². The Labute approximate surface area is 117 Å². The molecule has 1 amide bonds. The van der Waals surface area contributed by atoms with Gasteiger partial charge in [-0.3, -0.25) is 4.79 Å². The van der Waals surface area contributed by atoms with Crippen molar-refractivity contribution in [3.8, 4) is 0 Å². The minimum atomic E-state index is 0.110. The van der Waals surface area contributed by atoms with Crippen molar-refractivity contribution in [2.45, 2.75) is 83.2 Å². The van der Waals surface area contributed by atoms with E-state index in [0.717, 1.165) is 25.8 Å². The summed E-state index contributed by atoms with van der Waals surface area (Å²) in [6, 6.07) is 0.394. The lowest BCUT2D eigenvalue weighted by molar-refractivity contribution is -0.136. The molecule has 2 rings (SSSR count). The first kappa shape index (κ1) is 14.8. The molecule has 0 bridgehead atoms. The zero-order valence-corrected chi connectivity index (χ0v) is 12.4. The van der Waals surface area contributed by atoms with Crippen molar-refractivity contribution in [1.82, 2.24) is 4.90 Å². The molecule has 2 fully saturated rings. The first-order valence-corrected chi connectivity index (χ1v) is 8.23. The highest BCUT2D eigenvalue weighted by molar-refractivity contribution is 5.77. The van der Waals surface area contributed by atoms with Crippen LogP contribution < -0.4 is 5.73 Å². The van der Waals surface area contributed by atoms with Gasteiger partial charge in [-0.2, -0.15) is 0 Å². The van der Waals surface area contributed by atoms with Gasteiger partial charge in [0.2, 0.25) is 5.91 Å². The van der Waals surface area contributed by atoms with E-state index >= 15 is 0 Å². The van der Waals surface area contributed by atoms with Crippen LogP contribution in [0.25, 0.3) is 0 Å². The van der Waals surface area contributed by atoms with Gasteiger partial charge >= 0.3 is 0 Å². The molecule has 1 heterocycles. The molecule has 1 aliphatic carbocycles. The maximum atomic E-state index is 12.6. The highest BCUT2D eigenvalue weighted by atomic mass is 16.2. The van der Waals surface area contributed by atoms with Crippen molar-refractivity contribution in [3.63, 3.8) is 0 Å². The summed E-state index contributed by atoms with van der Waals surface area (Å²) in [6.45, 7) is 2.97. The fourth-order valence-corrected chi connectivity index (χ4v) is 3.75. The predicted molar refractivity (Wildman–Crippen MR) is 78.8 cm³/mol. The smallest absolute Gasteiger partial charge is 0.223 e. The molecule has 0 spiro atoms. The van der Waals surface area contributed by atoms with Gasteiger partial charge in [0.05, 0.1) is 0 Å². The quantitative estimate of drug-likeness (QED) is 0.798. The van der Waals surface area contributed by atoms with Crippen molar-refractivity contribution >= 4 is 5.91 Å². The van der Waals surface area contributed by atoms with Gasteiger partial charge in [0, 0.05) is 25.0 Å². The molecule has 0 aromatic carbocycles. The molecule has 0 aromatic heterocycles. The van der Waals surface area contributed by atoms with Crippen molar-refractivity contribution in [3.05, 3.63) is 0 Å². The van der Waals surface area contributed by atoms with Crippen LogP contribution in [0.1, 0.15) is 71.1 Å². The molecule has 2 aliphatic rings. The summed E-state index contributed by atoms with van der Waals surface area (Å²) < 4.78 is 0. The van der Waals surface area contributed by atoms with Crippen LogP contribution in [0.3, 0.4) is 0 Å². The normalized spacial score (nSPS) is 27.9. The van der Waals surface area contributed by atoms with E-state index in [4.69, 9.17) is 5.73 Å². The van der Waals surface area contributed by atoms with Crippen LogP contribution in [0.5, 0.6) is 0 Å². The fourth-order valence-electron chi connectivity index (χ4n) is 3.75. The van der Waals surface area contributed by atoms with Crippen LogP contribution >= 0.6 is 0 Å². The maximum absolute atomic E-state index is 12.6. The standard InChI is InChI=1S/C16H30N2O/c1-13(17)15-10-6-7-11-18(15)16(19)12-14-8-4-2-3-5-9-14/h13-15H,2-12,17H2,1H3. The lowest BCUT2D eigenvalue weighted by atomic mass is 9.92. The largest absolute Gasteiger partial charge is 0.338 e. The Morgan fingerprint density at radius 2 is 1.74 bits per heavy atom. The molecule has 0 aromatic rings. The van der Waals surface area contributed by atoms with E-state index in [1.807, 2.05) is 6.92 Å². The molecule has 2 N–H and O–H groups in total. The summed E-state index contributed by atoms with van der Waals surface area (Å²) in [5.41, 5.74) is 6.06. The fraction of sp³-hybridized carbons (Fsp3) is 0.938. The van der Waals surface area contributed by atoms with Gasteiger partial charge < -0.3 is 10.6 Å². The number of amides is 1. The Balaban J connectivity index is 1.89. The lowest BCUT2D eigenvalue weighted by Gasteiger charge is -2.38. The molecule has 3 nitrogen and oxygen atoms in total. The monoisotopic (exact) mass is 266 g/mol. The SMILES string of the molecule is CC(N)C1CCCCN1C(=O)CC1CCCCCC1. The van der Waals surface area contributed by atoms with Crippen LogP contribution in [-0.4, -0.2) is 29.4 Å². The van der Waals surface area contributed by atoms with E-state index in [1.165, 1.54) is 44.9 Å². The molecule has 1 aliphatic heterocycles. The number of hydrogen-bond donors (Lipinski definition) is 1. The number of nitrogens with zero attached hydrogens (tertiary/aromatic N) is 1. The van der Waals surface area contributed by atoms with E-state index in [-0.39, 0.29) is 12.1 Å². The van der Waals surface area contributed by atoms with Gasteiger partial charge in [0.25, 0.3) is 0 Å². The van der Waals surface area contributed by atoms with E-state index < -0.39 is 0 Å². The summed E-state index contributed by atoms with van der Waals surface area (Å²) in [6.07, 6.45) is 12.1. The number of carbonyl (C=O) groups excluding carboxylic acids is 1. The molecule has 3 heteroatoms. The molecular formula is C16H30N2O. The molecule has 1 saturated heterocycles. The summed E-state index contributed by atoms with van der Waals surface area (Å²) in [5, 5.41) is 0. The highest BCUT2D eigenvalue weighted by Gasteiger charge is 2.30. The Bertz CT molecular complexity index is 282. The molecule has 2 unspecified atom stereocenters. The highest BCUT2D eigenvalue weighted by Crippen LogP contribution is 2.28. The molecule has 19 heavy (non-hydrogen) atoms. The number of carbonyl (C=O) groups is 1. The van der Waals surface area contributed by atoms with Crippen LogP contribution in [0.4, 0.5) is 0 Å². The van der Waals surface area contributed by atoms with Gasteiger partial charge in [-0.25, -0.2) is 0 Å². The summed E-state index contributed by atoms with van der Waals surface area (Å²) in [5.74, 6) is 1.000. The van der Waals surface area contributed by atoms with Crippen molar-refractivity contribution in [1.29, 1.82) is 0 Å². The van der Waals surface area contributed by atoms with Crippen LogP contribution in [0.2, 0.25) is 0 Å². The second kappa shape index (κ2) is 7.28. The molecule has 110 valence electrons. The van der Waals surface area contributed by atoms with Gasteiger partial charge in [-0.15, -0.1) is 0 Å². The van der Waals surface area contributed by atoms with Crippen LogP contribution in [-0.2, 0) is 4.79 Å². The summed E-state index contributed by atoms with van der Waals surface area (Å²) in [4.78, 5) is 14.7. The number of nitrogens with two attached hydrogens (primary N) is 1. The van der Waals surface area contributed by atoms with Crippen LogP contribution in [0, 0.1) is 5.92 Å². The van der Waals surface area contributed by atoms with E-state index in [2.05, 4.69) is 4.90 Å². The third kappa shape index (κ3) is 4.20. The third-order valence-electron chi connectivity index (χ3n) is 4.91. The average molecular weight is 266 g/mol. The maximum Gasteiger partial charge on any atom is 0.223 e. The minimum absolute atomic E-state index is 0.110. The molecular weight excluding hydrogens is 236 g/mol. The molecule has 1 saturated carbocycles. The number of piperidine rings is 1. The van der Waals surface area contributed by atoms with E-state index in [0.29, 0.717) is 11.8 Å². The van der Waals surface area contributed by atoms with Gasteiger partial charge in [-0.05, 0) is 44.9 Å². The van der Waals surface area contributed by atoms with E-state index in [1.54, 1.807) is 0 Å². The molecule has 2 atom stereocenters. The second-order valence-corrected chi connectivity index (χ2v) is 6.57. The topological polar surface area (TPSA) is 46.3 Å². The number of rotatable bonds is 3. The summed E-state index contributed by atoms with van der Waals surface area (Å²) in [7, 11) is 0.